The Balaban J connectivity index is 2.19. The Labute approximate surface area is 168 Å². The van der Waals surface area contributed by atoms with Gasteiger partial charge in [-0.3, -0.25) is 0 Å². The second kappa shape index (κ2) is 10.8. The van der Waals surface area contributed by atoms with Crippen LogP contribution in [0.15, 0.2) is 42.5 Å². The average Bonchev–Trinajstić information content (AvgIpc) is 2.69. The zero-order valence-corrected chi connectivity index (χ0v) is 15.9. The fourth-order valence-corrected chi connectivity index (χ4v) is 2.50. The number of phenols is 2. The van der Waals surface area contributed by atoms with Gasteiger partial charge in [0.15, 0.2) is 0 Å². The Morgan fingerprint density at radius 2 is 1.52 bits per heavy atom. The largest absolute Gasteiger partial charge is 0.508 e. The third-order valence-electron chi connectivity index (χ3n) is 4.02. The van der Waals surface area contributed by atoms with E-state index < -0.39 is 24.6 Å². The van der Waals surface area contributed by atoms with Crippen molar-refractivity contribution in [3.63, 3.8) is 0 Å². The quantitative estimate of drug-likeness (QED) is 0.254. The van der Waals surface area contributed by atoms with E-state index in [0.29, 0.717) is 5.56 Å². The van der Waals surface area contributed by atoms with Gasteiger partial charge in [0.05, 0.1) is 19.3 Å². The predicted octanol–water partition coefficient (Wildman–Crippen LogP) is 1.08. The molecular formula is C21H26O8. The number of phenolic OH excluding ortho intramolecular Hbond substituents is 2. The molecule has 1 unspecified atom stereocenters. The molecular weight excluding hydrogens is 380 g/mol. The second-order valence-corrected chi connectivity index (χ2v) is 6.49. The van der Waals surface area contributed by atoms with Crippen molar-refractivity contribution in [3.05, 3.63) is 53.6 Å². The van der Waals surface area contributed by atoms with E-state index in [1.807, 2.05) is 0 Å². The fraction of sp³-hybridized carbons (Fsp3) is 0.333. The van der Waals surface area contributed by atoms with Gasteiger partial charge in [-0.1, -0.05) is 24.3 Å². The van der Waals surface area contributed by atoms with Gasteiger partial charge < -0.3 is 40.1 Å². The summed E-state index contributed by atoms with van der Waals surface area (Å²) < 4.78 is 10.8. The molecule has 2 aromatic carbocycles. The summed E-state index contributed by atoms with van der Waals surface area (Å²) in [5, 5.41) is 57.8. The van der Waals surface area contributed by atoms with Crippen LogP contribution in [0.25, 0.3) is 12.2 Å². The van der Waals surface area contributed by atoms with E-state index in [1.165, 1.54) is 19.1 Å². The normalized spacial score (nSPS) is 15.8. The summed E-state index contributed by atoms with van der Waals surface area (Å²) in [4.78, 5) is 0. The number of aromatic hydroxyl groups is 2. The SMILES string of the molecule is C[C@@H](O)C(O)[C@H](O)[C@@H](OCCO)Oc1cc(O)cc(/C=C/c2ccc(O)cc2)c1. The summed E-state index contributed by atoms with van der Waals surface area (Å²) in [6.45, 7) is 0.802. The van der Waals surface area contributed by atoms with Crippen LogP contribution in [0.3, 0.4) is 0 Å². The van der Waals surface area contributed by atoms with Gasteiger partial charge in [0.25, 0.3) is 0 Å². The molecule has 6 N–H and O–H groups in total. The third-order valence-corrected chi connectivity index (χ3v) is 4.02. The van der Waals surface area contributed by atoms with Gasteiger partial charge in [0, 0.05) is 6.07 Å². The Kier molecular flexibility index (Phi) is 8.44. The Morgan fingerprint density at radius 1 is 0.862 bits per heavy atom. The van der Waals surface area contributed by atoms with Crippen LogP contribution in [-0.2, 0) is 4.74 Å². The van der Waals surface area contributed by atoms with Crippen molar-refractivity contribution in [2.45, 2.75) is 31.5 Å². The maximum Gasteiger partial charge on any atom is 0.228 e. The van der Waals surface area contributed by atoms with E-state index >= 15 is 0 Å². The van der Waals surface area contributed by atoms with Crippen LogP contribution in [0.4, 0.5) is 0 Å². The monoisotopic (exact) mass is 406 g/mol. The molecule has 8 heteroatoms. The molecule has 2 rings (SSSR count). The smallest absolute Gasteiger partial charge is 0.228 e. The van der Waals surface area contributed by atoms with Gasteiger partial charge in [-0.25, -0.2) is 0 Å². The second-order valence-electron chi connectivity index (χ2n) is 6.49. The van der Waals surface area contributed by atoms with Gasteiger partial charge in [-0.15, -0.1) is 0 Å². The average molecular weight is 406 g/mol. The maximum atomic E-state index is 10.2. The molecule has 0 saturated heterocycles. The van der Waals surface area contributed by atoms with Crippen LogP contribution in [0, 0.1) is 0 Å². The van der Waals surface area contributed by atoms with E-state index in [-0.39, 0.29) is 30.5 Å². The molecule has 8 nitrogen and oxygen atoms in total. The lowest BCUT2D eigenvalue weighted by Crippen LogP contribution is -2.47. The Bertz CT molecular complexity index is 788. The topological polar surface area (TPSA) is 140 Å². The van der Waals surface area contributed by atoms with Crippen LogP contribution >= 0.6 is 0 Å². The minimum atomic E-state index is -1.60. The first-order chi connectivity index (χ1) is 13.8. The Hall–Kier alpha value is -2.62. The molecule has 29 heavy (non-hydrogen) atoms. The Morgan fingerprint density at radius 3 is 2.14 bits per heavy atom. The van der Waals surface area contributed by atoms with E-state index in [9.17, 15) is 25.5 Å². The van der Waals surface area contributed by atoms with Crippen molar-refractivity contribution >= 4 is 12.2 Å². The van der Waals surface area contributed by atoms with Gasteiger partial charge in [0.2, 0.25) is 6.29 Å². The summed E-state index contributed by atoms with van der Waals surface area (Å²) in [7, 11) is 0. The molecule has 2 aromatic rings. The molecule has 0 aliphatic heterocycles. The summed E-state index contributed by atoms with van der Waals surface area (Å²) in [5.74, 6) is 0.205. The summed E-state index contributed by atoms with van der Waals surface area (Å²) in [5.41, 5.74) is 1.41. The molecule has 0 fully saturated rings. The lowest BCUT2D eigenvalue weighted by molar-refractivity contribution is -0.190. The van der Waals surface area contributed by atoms with Crippen LogP contribution in [-0.4, -0.2) is 68.5 Å². The lowest BCUT2D eigenvalue weighted by Gasteiger charge is -2.28. The standard InChI is InChI=1S/C21H26O8/c1-13(23)19(26)20(27)21(28-9-8-22)29-18-11-15(10-17(25)12-18)3-2-14-4-6-16(24)7-5-14/h2-7,10-13,19-27H,8-9H2,1H3/b3-2+/t13-,19?,20+,21+/m1/s1. The highest BCUT2D eigenvalue weighted by atomic mass is 16.7. The van der Waals surface area contributed by atoms with Gasteiger partial charge >= 0.3 is 0 Å². The minimum Gasteiger partial charge on any atom is -0.508 e. The lowest BCUT2D eigenvalue weighted by atomic mass is 10.1. The van der Waals surface area contributed by atoms with Crippen molar-refractivity contribution in [1.82, 2.24) is 0 Å². The highest BCUT2D eigenvalue weighted by Gasteiger charge is 2.32. The first kappa shape index (κ1) is 22.7. The molecule has 0 saturated carbocycles. The van der Waals surface area contributed by atoms with Gasteiger partial charge in [-0.2, -0.15) is 0 Å². The van der Waals surface area contributed by atoms with Crippen molar-refractivity contribution in [1.29, 1.82) is 0 Å². The molecule has 158 valence electrons. The number of rotatable bonds is 10. The number of hydrogen-bond donors (Lipinski definition) is 6. The van der Waals surface area contributed by atoms with E-state index in [2.05, 4.69) is 0 Å². The van der Waals surface area contributed by atoms with Crippen LogP contribution in [0.1, 0.15) is 18.1 Å². The van der Waals surface area contributed by atoms with Crippen molar-refractivity contribution in [3.8, 4) is 17.2 Å². The molecule has 0 aliphatic carbocycles. The molecule has 0 spiro atoms. The molecule has 0 amide bonds. The summed E-state index contributed by atoms with van der Waals surface area (Å²) in [6.07, 6.45) is -2.28. The summed E-state index contributed by atoms with van der Waals surface area (Å²) >= 11 is 0. The maximum absolute atomic E-state index is 10.2. The third kappa shape index (κ3) is 7.04. The van der Waals surface area contributed by atoms with E-state index in [0.717, 1.165) is 5.56 Å². The molecule has 0 radical (unpaired) electrons. The van der Waals surface area contributed by atoms with Gasteiger partial charge in [0.1, 0.15) is 29.5 Å². The predicted molar refractivity (Wildman–Crippen MR) is 106 cm³/mol. The molecule has 0 aromatic heterocycles. The molecule has 0 aliphatic rings. The number of aliphatic hydroxyl groups excluding tert-OH is 4. The van der Waals surface area contributed by atoms with Gasteiger partial charge in [-0.05, 0) is 42.3 Å². The number of benzene rings is 2. The zero-order chi connectivity index (χ0) is 21.4. The number of hydrogen-bond acceptors (Lipinski definition) is 8. The number of aliphatic hydroxyl groups is 4. The van der Waals surface area contributed by atoms with Crippen LogP contribution in [0.5, 0.6) is 17.2 Å². The molecule has 0 heterocycles. The number of ether oxygens (including phenoxy) is 2. The zero-order valence-electron chi connectivity index (χ0n) is 15.9. The highest BCUT2D eigenvalue weighted by Crippen LogP contribution is 2.26. The van der Waals surface area contributed by atoms with Crippen molar-refractivity contribution in [2.75, 3.05) is 13.2 Å². The van der Waals surface area contributed by atoms with Crippen LogP contribution in [0.2, 0.25) is 0 Å². The van der Waals surface area contributed by atoms with Crippen LogP contribution < -0.4 is 4.74 Å². The first-order valence-electron chi connectivity index (χ1n) is 9.04. The first-order valence-corrected chi connectivity index (χ1v) is 9.04. The molecule has 0 bridgehead atoms. The fourth-order valence-electron chi connectivity index (χ4n) is 2.50. The highest BCUT2D eigenvalue weighted by molar-refractivity contribution is 5.71. The van der Waals surface area contributed by atoms with Crippen molar-refractivity contribution < 1.29 is 40.1 Å². The van der Waals surface area contributed by atoms with Crippen molar-refractivity contribution in [2.24, 2.45) is 0 Å². The van der Waals surface area contributed by atoms with E-state index in [1.54, 1.807) is 42.5 Å². The summed E-state index contributed by atoms with van der Waals surface area (Å²) in [6, 6.07) is 10.9. The minimum absolute atomic E-state index is 0.0978. The van der Waals surface area contributed by atoms with E-state index in [4.69, 9.17) is 14.6 Å². The molecule has 4 atom stereocenters.